The lowest BCUT2D eigenvalue weighted by Crippen LogP contribution is -2.47. The second-order valence-electron chi connectivity index (χ2n) is 6.69. The van der Waals surface area contributed by atoms with E-state index in [0.29, 0.717) is 11.6 Å². The number of pyridine rings is 1. The molecule has 0 saturated carbocycles. The van der Waals surface area contributed by atoms with Crippen molar-refractivity contribution in [2.75, 3.05) is 40.7 Å². The summed E-state index contributed by atoms with van der Waals surface area (Å²) in [7, 11) is -3.82. The molecule has 0 bridgehead atoms. The van der Waals surface area contributed by atoms with Crippen LogP contribution < -0.4 is 14.5 Å². The molecule has 1 N–H and O–H groups in total. The average molecular weight is 415 g/mol. The second-order valence-corrected chi connectivity index (χ2v) is 8.31. The zero-order chi connectivity index (χ0) is 20.4. The summed E-state index contributed by atoms with van der Waals surface area (Å²) in [5, 5.41) is 3.69. The van der Waals surface area contributed by atoms with Gasteiger partial charge in [0.15, 0.2) is 10.7 Å². The minimum Gasteiger partial charge on any atom is -0.360 e. The van der Waals surface area contributed by atoms with E-state index in [2.05, 4.69) is 34.6 Å². The van der Waals surface area contributed by atoms with Crippen molar-refractivity contribution in [1.29, 1.82) is 0 Å². The number of hydrogen-bond acceptors (Lipinski definition) is 9. The van der Waals surface area contributed by atoms with E-state index in [4.69, 9.17) is 4.52 Å². The van der Waals surface area contributed by atoms with Crippen LogP contribution >= 0.6 is 0 Å². The van der Waals surface area contributed by atoms with Crippen LogP contribution in [0.5, 0.6) is 0 Å². The molecule has 10 nitrogen and oxygen atoms in total. The normalized spacial score (nSPS) is 14.8. The Morgan fingerprint density at radius 3 is 2.28 bits per heavy atom. The van der Waals surface area contributed by atoms with Crippen LogP contribution in [0.4, 0.5) is 17.5 Å². The van der Waals surface area contributed by atoms with Crippen LogP contribution in [-0.2, 0) is 10.0 Å². The van der Waals surface area contributed by atoms with Gasteiger partial charge in [-0.3, -0.25) is 4.72 Å². The third-order valence-corrected chi connectivity index (χ3v) is 6.29. The Morgan fingerprint density at radius 1 is 1.00 bits per heavy atom. The predicted octanol–water partition coefficient (Wildman–Crippen LogP) is 1.60. The van der Waals surface area contributed by atoms with Crippen molar-refractivity contribution < 1.29 is 12.9 Å². The first-order valence-corrected chi connectivity index (χ1v) is 10.6. The molecule has 0 atom stereocenters. The first kappa shape index (κ1) is 19.1. The van der Waals surface area contributed by atoms with Gasteiger partial charge in [-0.05, 0) is 26.0 Å². The SMILES string of the molecule is Cc1noc(C)c1S(=O)(=O)Nc1cnc(N2CCN(c3ccccn3)CC2)nc1. The van der Waals surface area contributed by atoms with Crippen molar-refractivity contribution in [3.05, 3.63) is 48.2 Å². The summed E-state index contributed by atoms with van der Waals surface area (Å²) in [5.74, 6) is 1.75. The van der Waals surface area contributed by atoms with E-state index in [0.717, 1.165) is 32.0 Å². The van der Waals surface area contributed by atoms with E-state index in [1.54, 1.807) is 20.0 Å². The number of rotatable bonds is 5. The van der Waals surface area contributed by atoms with Gasteiger partial charge in [0, 0.05) is 32.4 Å². The number of hydrogen-bond donors (Lipinski definition) is 1. The molecule has 1 aliphatic rings. The summed E-state index contributed by atoms with van der Waals surface area (Å²) in [5.41, 5.74) is 0.583. The van der Waals surface area contributed by atoms with Crippen molar-refractivity contribution in [2.24, 2.45) is 0 Å². The van der Waals surface area contributed by atoms with E-state index in [1.807, 2.05) is 18.2 Å². The fourth-order valence-electron chi connectivity index (χ4n) is 3.28. The van der Waals surface area contributed by atoms with Crippen molar-refractivity contribution in [2.45, 2.75) is 18.7 Å². The monoisotopic (exact) mass is 415 g/mol. The third kappa shape index (κ3) is 3.99. The van der Waals surface area contributed by atoms with Gasteiger partial charge in [-0.2, -0.15) is 0 Å². The highest BCUT2D eigenvalue weighted by Gasteiger charge is 2.25. The van der Waals surface area contributed by atoms with E-state index < -0.39 is 10.0 Å². The van der Waals surface area contributed by atoms with Crippen LogP contribution in [0.2, 0.25) is 0 Å². The summed E-state index contributed by atoms with van der Waals surface area (Å²) in [6.45, 7) is 6.25. The average Bonchev–Trinajstić information content (AvgIpc) is 3.08. The third-order valence-electron chi connectivity index (χ3n) is 4.66. The van der Waals surface area contributed by atoms with Gasteiger partial charge >= 0.3 is 0 Å². The molecule has 1 fully saturated rings. The molecule has 3 aromatic heterocycles. The Balaban J connectivity index is 1.41. The quantitative estimate of drug-likeness (QED) is 0.663. The molecule has 0 unspecified atom stereocenters. The number of sulfonamides is 1. The molecule has 0 amide bonds. The molecule has 152 valence electrons. The van der Waals surface area contributed by atoms with Gasteiger partial charge in [-0.25, -0.2) is 23.4 Å². The van der Waals surface area contributed by atoms with E-state index in [-0.39, 0.29) is 16.3 Å². The Bertz CT molecular complexity index is 1060. The topological polar surface area (TPSA) is 117 Å². The van der Waals surface area contributed by atoms with Crippen LogP contribution in [0.3, 0.4) is 0 Å². The molecule has 11 heteroatoms. The summed E-state index contributed by atoms with van der Waals surface area (Å²) < 4.78 is 32.6. The van der Waals surface area contributed by atoms with E-state index in [1.165, 1.54) is 12.4 Å². The minimum atomic E-state index is -3.82. The van der Waals surface area contributed by atoms with E-state index in [9.17, 15) is 8.42 Å². The number of anilines is 3. The Labute approximate surface area is 168 Å². The molecule has 3 aromatic rings. The smallest absolute Gasteiger partial charge is 0.267 e. The summed E-state index contributed by atoms with van der Waals surface area (Å²) in [4.78, 5) is 17.3. The fourth-order valence-corrected chi connectivity index (χ4v) is 4.64. The number of piperazine rings is 1. The van der Waals surface area contributed by atoms with Gasteiger partial charge in [-0.15, -0.1) is 0 Å². The number of nitrogens with zero attached hydrogens (tertiary/aromatic N) is 6. The highest BCUT2D eigenvalue weighted by atomic mass is 32.2. The van der Waals surface area contributed by atoms with E-state index >= 15 is 0 Å². The predicted molar refractivity (Wildman–Crippen MR) is 107 cm³/mol. The maximum absolute atomic E-state index is 12.6. The van der Waals surface area contributed by atoms with Gasteiger partial charge < -0.3 is 14.3 Å². The fraction of sp³-hybridized carbons (Fsp3) is 0.333. The van der Waals surface area contributed by atoms with Crippen LogP contribution in [0, 0.1) is 13.8 Å². The van der Waals surface area contributed by atoms with Crippen LogP contribution in [0.25, 0.3) is 0 Å². The van der Waals surface area contributed by atoms with Gasteiger partial charge in [0.25, 0.3) is 10.0 Å². The molecule has 1 saturated heterocycles. The van der Waals surface area contributed by atoms with Gasteiger partial charge in [0.2, 0.25) is 5.95 Å². The Kier molecular flexibility index (Phi) is 5.05. The van der Waals surface area contributed by atoms with Gasteiger partial charge in [-0.1, -0.05) is 11.2 Å². The minimum absolute atomic E-state index is 0.0345. The molecule has 0 aliphatic carbocycles. The van der Waals surface area contributed by atoms with Crippen molar-refractivity contribution in [3.63, 3.8) is 0 Å². The molecule has 1 aliphatic heterocycles. The van der Waals surface area contributed by atoms with Gasteiger partial charge in [0.05, 0.1) is 18.1 Å². The maximum atomic E-state index is 12.6. The molecule has 0 spiro atoms. The maximum Gasteiger partial charge on any atom is 0.267 e. The van der Waals surface area contributed by atoms with Crippen LogP contribution in [0.15, 0.2) is 46.2 Å². The summed E-state index contributed by atoms with van der Waals surface area (Å²) >= 11 is 0. The van der Waals surface area contributed by atoms with Crippen molar-refractivity contribution >= 4 is 27.5 Å². The second kappa shape index (κ2) is 7.66. The summed E-state index contributed by atoms with van der Waals surface area (Å²) in [6, 6.07) is 5.86. The molecule has 0 radical (unpaired) electrons. The Morgan fingerprint density at radius 2 is 1.69 bits per heavy atom. The lowest BCUT2D eigenvalue weighted by atomic mass is 10.3. The molecular weight excluding hydrogens is 394 g/mol. The molecular formula is C18H21N7O3S. The number of aromatic nitrogens is 4. The largest absolute Gasteiger partial charge is 0.360 e. The molecule has 29 heavy (non-hydrogen) atoms. The number of nitrogens with one attached hydrogen (secondary N) is 1. The zero-order valence-corrected chi connectivity index (χ0v) is 16.9. The first-order valence-electron chi connectivity index (χ1n) is 9.13. The Hall–Kier alpha value is -3.21. The standard InChI is InChI=1S/C18H21N7O3S/c1-13-17(14(2)28-22-13)29(26,27)23-15-11-20-18(21-12-15)25-9-7-24(8-10-25)16-5-3-4-6-19-16/h3-6,11-12,23H,7-10H2,1-2H3. The van der Waals surface area contributed by atoms with Crippen molar-refractivity contribution in [1.82, 2.24) is 20.1 Å². The lowest BCUT2D eigenvalue weighted by molar-refractivity contribution is 0.390. The molecule has 4 rings (SSSR count). The lowest BCUT2D eigenvalue weighted by Gasteiger charge is -2.35. The zero-order valence-electron chi connectivity index (χ0n) is 16.1. The highest BCUT2D eigenvalue weighted by Crippen LogP contribution is 2.22. The summed E-state index contributed by atoms with van der Waals surface area (Å²) in [6.07, 6.45) is 4.71. The number of aryl methyl sites for hydroxylation is 2. The van der Waals surface area contributed by atoms with Crippen LogP contribution in [0.1, 0.15) is 11.5 Å². The van der Waals surface area contributed by atoms with Crippen molar-refractivity contribution in [3.8, 4) is 0 Å². The van der Waals surface area contributed by atoms with Crippen LogP contribution in [-0.4, -0.2) is 54.7 Å². The van der Waals surface area contributed by atoms with Gasteiger partial charge in [0.1, 0.15) is 11.5 Å². The highest BCUT2D eigenvalue weighted by molar-refractivity contribution is 7.92. The molecule has 4 heterocycles. The molecule has 0 aromatic carbocycles. The first-order chi connectivity index (χ1) is 13.9.